The Morgan fingerprint density at radius 1 is 1.28 bits per heavy atom. The molecule has 0 aliphatic carbocycles. The maximum Gasteiger partial charge on any atom is 0.269 e. The number of non-ortho nitro benzene ring substituents is 1. The van der Waals surface area contributed by atoms with E-state index in [4.69, 9.17) is 5.73 Å². The average Bonchev–Trinajstić information content (AvgIpc) is 2.76. The molecule has 0 atom stereocenters. The number of aromatic nitrogens is 2. The molecule has 3 N–H and O–H groups in total. The van der Waals surface area contributed by atoms with Crippen LogP contribution in [0.3, 0.4) is 0 Å². The summed E-state index contributed by atoms with van der Waals surface area (Å²) in [5.74, 6) is -0.0756. The van der Waals surface area contributed by atoms with Crippen molar-refractivity contribution in [1.82, 2.24) is 10.2 Å². The number of sulfone groups is 1. The number of nitrogens with one attached hydrogen (secondary N) is 1. The van der Waals surface area contributed by atoms with Crippen molar-refractivity contribution < 1.29 is 13.3 Å². The van der Waals surface area contributed by atoms with Crippen LogP contribution in [0.25, 0.3) is 0 Å². The van der Waals surface area contributed by atoms with Gasteiger partial charge in [-0.15, -0.1) is 0 Å². The topological polar surface area (TPSA) is 132 Å². The van der Waals surface area contributed by atoms with E-state index >= 15 is 0 Å². The van der Waals surface area contributed by atoms with Crippen LogP contribution in [0, 0.1) is 10.1 Å². The van der Waals surface area contributed by atoms with Crippen LogP contribution in [0.15, 0.2) is 40.3 Å². The van der Waals surface area contributed by atoms with Gasteiger partial charge in [0.25, 0.3) is 5.69 Å². The Kier molecular flexibility index (Phi) is 2.75. The molecule has 1 aromatic heterocycles. The lowest BCUT2D eigenvalue weighted by atomic mass is 10.3. The molecule has 0 aliphatic heterocycles. The van der Waals surface area contributed by atoms with Gasteiger partial charge in [0.1, 0.15) is 10.7 Å². The van der Waals surface area contributed by atoms with Gasteiger partial charge in [-0.2, -0.15) is 5.10 Å². The van der Waals surface area contributed by atoms with Gasteiger partial charge >= 0.3 is 0 Å². The maximum atomic E-state index is 12.1. The van der Waals surface area contributed by atoms with E-state index in [9.17, 15) is 18.5 Å². The molecule has 0 aliphatic rings. The fraction of sp³-hybridized carbons (Fsp3) is 0. The number of nitrogen functional groups attached to an aromatic ring is 1. The van der Waals surface area contributed by atoms with Gasteiger partial charge in [-0.1, -0.05) is 0 Å². The number of anilines is 1. The van der Waals surface area contributed by atoms with E-state index < -0.39 is 14.8 Å². The summed E-state index contributed by atoms with van der Waals surface area (Å²) in [6.07, 6.45) is 1.09. The first-order valence-electron chi connectivity index (χ1n) is 4.71. The number of benzene rings is 1. The summed E-state index contributed by atoms with van der Waals surface area (Å²) in [6.45, 7) is 0. The van der Waals surface area contributed by atoms with Crippen molar-refractivity contribution in [3.63, 3.8) is 0 Å². The highest BCUT2D eigenvalue weighted by molar-refractivity contribution is 7.91. The number of nitrogens with zero attached hydrogens (tertiary/aromatic N) is 2. The molecule has 0 amide bonds. The summed E-state index contributed by atoms with van der Waals surface area (Å²) in [5, 5.41) is 16.3. The Bertz CT molecular complexity index is 690. The van der Waals surface area contributed by atoms with Crippen molar-refractivity contribution in [2.75, 3.05) is 5.73 Å². The number of aromatic amines is 1. The predicted octanol–water partition coefficient (Wildman–Crippen LogP) is 0.733. The first-order valence-corrected chi connectivity index (χ1v) is 6.19. The second-order valence-electron chi connectivity index (χ2n) is 3.40. The molecule has 2 rings (SSSR count). The minimum absolute atomic E-state index is 0.0756. The van der Waals surface area contributed by atoms with Crippen LogP contribution in [0.4, 0.5) is 11.5 Å². The van der Waals surface area contributed by atoms with Crippen LogP contribution in [-0.2, 0) is 9.84 Å². The number of hydrogen-bond acceptors (Lipinski definition) is 6. The zero-order valence-electron chi connectivity index (χ0n) is 8.90. The molecule has 0 saturated carbocycles. The Morgan fingerprint density at radius 2 is 1.89 bits per heavy atom. The molecule has 0 unspecified atom stereocenters. The minimum atomic E-state index is -3.81. The second kappa shape index (κ2) is 4.11. The molecule has 0 saturated heterocycles. The molecule has 0 radical (unpaired) electrons. The van der Waals surface area contributed by atoms with Gasteiger partial charge < -0.3 is 5.73 Å². The van der Waals surface area contributed by atoms with Gasteiger partial charge in [0.2, 0.25) is 9.84 Å². The van der Waals surface area contributed by atoms with Crippen molar-refractivity contribution in [3.8, 4) is 0 Å². The van der Waals surface area contributed by atoms with Crippen molar-refractivity contribution in [3.05, 3.63) is 40.6 Å². The van der Waals surface area contributed by atoms with Crippen molar-refractivity contribution in [1.29, 1.82) is 0 Å². The molecule has 1 heterocycles. The fourth-order valence-corrected chi connectivity index (χ4v) is 2.65. The first-order chi connectivity index (χ1) is 8.43. The molecule has 0 spiro atoms. The van der Waals surface area contributed by atoms with Gasteiger partial charge in [0, 0.05) is 12.1 Å². The van der Waals surface area contributed by atoms with E-state index in [1.165, 1.54) is 0 Å². The lowest BCUT2D eigenvalue weighted by Gasteiger charge is -2.02. The number of H-pyrrole nitrogens is 1. The number of nitro benzene ring substituents is 1. The lowest BCUT2D eigenvalue weighted by molar-refractivity contribution is -0.384. The Hall–Kier alpha value is -2.42. The quantitative estimate of drug-likeness (QED) is 0.623. The van der Waals surface area contributed by atoms with E-state index in [0.717, 1.165) is 30.5 Å². The standard InChI is InChI=1S/C9H8N4O4S/c10-9-8(5-11-12-9)18(16,17)7-3-1-6(2-4-7)13(14)15/h1-5H,(H3,10,11,12). The summed E-state index contributed by atoms with van der Waals surface area (Å²) in [5.41, 5.74) is 5.25. The normalized spacial score (nSPS) is 11.3. The highest BCUT2D eigenvalue weighted by Crippen LogP contribution is 2.25. The van der Waals surface area contributed by atoms with Crippen LogP contribution in [0.2, 0.25) is 0 Å². The molecular weight excluding hydrogens is 260 g/mol. The van der Waals surface area contributed by atoms with Gasteiger partial charge in [-0.05, 0) is 12.1 Å². The monoisotopic (exact) mass is 268 g/mol. The summed E-state index contributed by atoms with van der Waals surface area (Å²) in [7, 11) is -3.81. The Morgan fingerprint density at radius 3 is 2.33 bits per heavy atom. The van der Waals surface area contributed by atoms with Crippen LogP contribution in [-0.4, -0.2) is 23.5 Å². The van der Waals surface area contributed by atoms with E-state index in [-0.39, 0.29) is 21.3 Å². The molecule has 94 valence electrons. The molecule has 9 heteroatoms. The molecule has 0 bridgehead atoms. The largest absolute Gasteiger partial charge is 0.383 e. The Labute approximate surface area is 102 Å². The van der Waals surface area contributed by atoms with E-state index in [1.807, 2.05) is 0 Å². The molecule has 18 heavy (non-hydrogen) atoms. The third-order valence-electron chi connectivity index (χ3n) is 2.28. The van der Waals surface area contributed by atoms with Crippen LogP contribution in [0.5, 0.6) is 0 Å². The van der Waals surface area contributed by atoms with Gasteiger partial charge in [0.05, 0.1) is 16.0 Å². The summed E-state index contributed by atoms with van der Waals surface area (Å²) in [4.78, 5) is 9.62. The van der Waals surface area contributed by atoms with E-state index in [2.05, 4.69) is 10.2 Å². The molecular formula is C9H8N4O4S. The van der Waals surface area contributed by atoms with Gasteiger partial charge in [0.15, 0.2) is 0 Å². The smallest absolute Gasteiger partial charge is 0.269 e. The number of rotatable bonds is 3. The molecule has 0 fully saturated rings. The van der Waals surface area contributed by atoms with Crippen LogP contribution < -0.4 is 5.73 Å². The number of nitrogens with two attached hydrogens (primary N) is 1. The number of nitro groups is 1. The zero-order valence-corrected chi connectivity index (χ0v) is 9.72. The summed E-state index contributed by atoms with van der Waals surface area (Å²) >= 11 is 0. The summed E-state index contributed by atoms with van der Waals surface area (Å²) in [6, 6.07) is 4.53. The maximum absolute atomic E-state index is 12.1. The predicted molar refractivity (Wildman–Crippen MR) is 61.5 cm³/mol. The Balaban J connectivity index is 2.49. The van der Waals surface area contributed by atoms with Crippen LogP contribution >= 0.6 is 0 Å². The van der Waals surface area contributed by atoms with Gasteiger partial charge in [-0.3, -0.25) is 15.2 Å². The van der Waals surface area contributed by atoms with Crippen molar-refractivity contribution >= 4 is 21.3 Å². The van der Waals surface area contributed by atoms with Crippen LogP contribution in [0.1, 0.15) is 0 Å². The first kappa shape index (κ1) is 12.0. The fourth-order valence-electron chi connectivity index (χ4n) is 1.37. The molecule has 2 aromatic rings. The second-order valence-corrected chi connectivity index (χ2v) is 5.32. The average molecular weight is 268 g/mol. The van der Waals surface area contributed by atoms with Crippen molar-refractivity contribution in [2.24, 2.45) is 0 Å². The highest BCUT2D eigenvalue weighted by atomic mass is 32.2. The zero-order chi connectivity index (χ0) is 13.3. The SMILES string of the molecule is Nc1[nH]ncc1S(=O)(=O)c1ccc([N+](=O)[O-])cc1. The van der Waals surface area contributed by atoms with E-state index in [1.54, 1.807) is 0 Å². The lowest BCUT2D eigenvalue weighted by Crippen LogP contribution is -2.04. The third kappa shape index (κ3) is 1.91. The third-order valence-corrected chi connectivity index (χ3v) is 4.08. The van der Waals surface area contributed by atoms with Crippen molar-refractivity contribution in [2.45, 2.75) is 9.79 Å². The summed E-state index contributed by atoms with van der Waals surface area (Å²) < 4.78 is 24.2. The minimum Gasteiger partial charge on any atom is -0.383 e. The molecule has 1 aromatic carbocycles. The number of hydrogen-bond donors (Lipinski definition) is 2. The highest BCUT2D eigenvalue weighted by Gasteiger charge is 2.22. The van der Waals surface area contributed by atoms with Gasteiger partial charge in [-0.25, -0.2) is 8.42 Å². The molecule has 8 nitrogen and oxygen atoms in total. The van der Waals surface area contributed by atoms with E-state index in [0.29, 0.717) is 0 Å².